The molecule has 0 N–H and O–H groups in total. The first-order valence-electron chi connectivity index (χ1n) is 6.90. The van der Waals surface area contributed by atoms with Crippen LogP contribution in [0.3, 0.4) is 0 Å². The van der Waals surface area contributed by atoms with Gasteiger partial charge in [0.25, 0.3) is 0 Å². The van der Waals surface area contributed by atoms with E-state index in [1.54, 1.807) is 0 Å². The summed E-state index contributed by atoms with van der Waals surface area (Å²) in [5, 5.41) is 1.00. The summed E-state index contributed by atoms with van der Waals surface area (Å²) in [6.07, 6.45) is 0.568. The van der Waals surface area contributed by atoms with Crippen molar-refractivity contribution >= 4 is 13.9 Å². The number of ketones is 1. The van der Waals surface area contributed by atoms with Gasteiger partial charge in [-0.25, -0.2) is 0 Å². The summed E-state index contributed by atoms with van der Waals surface area (Å²) in [6, 6.07) is 10.2. The van der Waals surface area contributed by atoms with Gasteiger partial charge in [0.05, 0.1) is 14.7 Å². The molecule has 0 radical (unpaired) electrons. The van der Waals surface area contributed by atoms with Crippen molar-refractivity contribution in [2.24, 2.45) is 0 Å². The number of Topliss-reactive ketones (excluding diaryl/α,β-unsaturated/α-hetero) is 1. The average molecular weight is 274 g/mol. The van der Waals surface area contributed by atoms with Gasteiger partial charge in [-0.2, -0.15) is 0 Å². The van der Waals surface area contributed by atoms with Crippen molar-refractivity contribution in [3.05, 3.63) is 46.9 Å². The number of ether oxygens (including phenoxy) is 1. The van der Waals surface area contributed by atoms with Crippen molar-refractivity contribution in [1.29, 1.82) is 0 Å². The summed E-state index contributed by atoms with van der Waals surface area (Å²) < 4.78 is 5.87. The smallest absolute Gasteiger partial charge is 0.159 e. The molecule has 102 valence electrons. The number of rotatable bonds is 4. The highest BCUT2D eigenvalue weighted by atomic mass is 28.3. The maximum absolute atomic E-state index is 12.4. The first-order chi connectivity index (χ1) is 8.95. The van der Waals surface area contributed by atoms with Gasteiger partial charge in [-0.15, -0.1) is 0 Å². The van der Waals surface area contributed by atoms with E-state index in [9.17, 15) is 4.79 Å². The number of carbonyl (C=O) groups excluding carboxylic acids is 1. The minimum atomic E-state index is -1.66. The van der Waals surface area contributed by atoms with E-state index in [0.29, 0.717) is 13.0 Å². The van der Waals surface area contributed by atoms with Gasteiger partial charge in [-0.1, -0.05) is 50.0 Å². The summed E-state index contributed by atoms with van der Waals surface area (Å²) in [6.45, 7) is 9.26. The van der Waals surface area contributed by atoms with E-state index >= 15 is 0 Å². The lowest BCUT2D eigenvalue weighted by atomic mass is 9.97. The second-order valence-electron chi connectivity index (χ2n) is 6.01. The first kappa shape index (κ1) is 14.1. The molecule has 0 heterocycles. The maximum atomic E-state index is 12.4. The molecule has 1 atom stereocenters. The van der Waals surface area contributed by atoms with Crippen LogP contribution in [0.4, 0.5) is 0 Å². The van der Waals surface area contributed by atoms with E-state index in [4.69, 9.17) is 4.74 Å². The van der Waals surface area contributed by atoms with E-state index in [1.807, 2.05) is 25.1 Å². The van der Waals surface area contributed by atoms with Crippen molar-refractivity contribution in [3.8, 4) is 0 Å². The summed E-state index contributed by atoms with van der Waals surface area (Å²) in [5.41, 5.74) is 1.19. The molecule has 0 saturated carbocycles. The molecule has 1 unspecified atom stereocenters. The molecule has 1 aliphatic rings. The Balaban J connectivity index is 2.47. The van der Waals surface area contributed by atoms with Gasteiger partial charge < -0.3 is 4.74 Å². The number of hydrogen-bond donors (Lipinski definition) is 0. The van der Waals surface area contributed by atoms with E-state index in [0.717, 1.165) is 11.0 Å². The third-order valence-corrected chi connectivity index (χ3v) is 5.51. The zero-order chi connectivity index (χ0) is 14.0. The monoisotopic (exact) mass is 274 g/mol. The van der Waals surface area contributed by atoms with Gasteiger partial charge in [-0.3, -0.25) is 4.79 Å². The van der Waals surface area contributed by atoms with Crippen LogP contribution in [-0.4, -0.2) is 20.5 Å². The molecule has 0 bridgehead atoms. The number of hydrogen-bond acceptors (Lipinski definition) is 2. The second-order valence-corrected chi connectivity index (χ2v) is 11.0. The van der Waals surface area contributed by atoms with E-state index in [-0.39, 0.29) is 11.7 Å². The Kier molecular flexibility index (Phi) is 3.95. The molecule has 2 nitrogen and oxygen atoms in total. The van der Waals surface area contributed by atoms with Crippen molar-refractivity contribution < 1.29 is 9.53 Å². The van der Waals surface area contributed by atoms with Crippen molar-refractivity contribution in [2.75, 3.05) is 6.61 Å². The SMILES string of the molecule is CCOC1=C([Si](C)(C)C)C(=O)CC1c1ccccc1. The normalized spacial score (nSPS) is 20.0. The molecule has 0 spiro atoms. The van der Waals surface area contributed by atoms with Crippen molar-refractivity contribution in [1.82, 2.24) is 0 Å². The predicted octanol–water partition coefficient (Wildman–Crippen LogP) is 3.91. The predicted molar refractivity (Wildman–Crippen MR) is 80.8 cm³/mol. The van der Waals surface area contributed by atoms with Gasteiger partial charge in [0.1, 0.15) is 5.76 Å². The zero-order valence-electron chi connectivity index (χ0n) is 12.2. The standard InChI is InChI=1S/C16H22O2Si/c1-5-18-15-13(12-9-7-6-8-10-12)11-14(17)16(15)19(2,3)4/h6-10,13H,5,11H2,1-4H3. The van der Waals surface area contributed by atoms with Crippen LogP contribution in [0.25, 0.3) is 0 Å². The fraction of sp³-hybridized carbons (Fsp3) is 0.438. The molecule has 1 aromatic rings. The van der Waals surface area contributed by atoms with Gasteiger partial charge in [0.15, 0.2) is 5.78 Å². The third-order valence-electron chi connectivity index (χ3n) is 3.48. The van der Waals surface area contributed by atoms with Crippen molar-refractivity contribution in [3.63, 3.8) is 0 Å². The largest absolute Gasteiger partial charge is 0.498 e. The molecule has 3 heteroatoms. The highest BCUT2D eigenvalue weighted by Gasteiger charge is 2.40. The fourth-order valence-corrected chi connectivity index (χ4v) is 4.69. The van der Waals surface area contributed by atoms with Crippen LogP contribution in [-0.2, 0) is 9.53 Å². The minimum absolute atomic E-state index is 0.121. The quantitative estimate of drug-likeness (QED) is 0.778. The lowest BCUT2D eigenvalue weighted by Crippen LogP contribution is -2.28. The molecule has 0 amide bonds. The Morgan fingerprint density at radius 2 is 1.84 bits per heavy atom. The Bertz CT molecular complexity index is 497. The van der Waals surface area contributed by atoms with Crippen LogP contribution in [0, 0.1) is 0 Å². The van der Waals surface area contributed by atoms with E-state index < -0.39 is 8.07 Å². The summed E-state index contributed by atoms with van der Waals surface area (Å²) in [7, 11) is -1.66. The lowest BCUT2D eigenvalue weighted by molar-refractivity contribution is -0.114. The number of carbonyl (C=O) groups is 1. The topological polar surface area (TPSA) is 26.3 Å². The second kappa shape index (κ2) is 5.33. The summed E-state index contributed by atoms with van der Waals surface area (Å²) in [5.74, 6) is 1.35. The molecule has 0 aliphatic heterocycles. The van der Waals surface area contributed by atoms with Crippen LogP contribution in [0.2, 0.25) is 19.6 Å². The highest BCUT2D eigenvalue weighted by Crippen LogP contribution is 2.41. The molecule has 1 aliphatic carbocycles. The van der Waals surface area contributed by atoms with Crippen LogP contribution in [0.1, 0.15) is 24.8 Å². The number of allylic oxidation sites excluding steroid dienone is 2. The average Bonchev–Trinajstić information content (AvgIpc) is 2.67. The zero-order valence-corrected chi connectivity index (χ0v) is 13.2. The Morgan fingerprint density at radius 1 is 1.21 bits per heavy atom. The summed E-state index contributed by atoms with van der Waals surface area (Å²) >= 11 is 0. The van der Waals surface area contributed by atoms with Crippen molar-refractivity contribution in [2.45, 2.75) is 38.9 Å². The minimum Gasteiger partial charge on any atom is -0.498 e. The molecule has 0 fully saturated rings. The van der Waals surface area contributed by atoms with Gasteiger partial charge in [-0.05, 0) is 12.5 Å². The van der Waals surface area contributed by atoms with Crippen LogP contribution < -0.4 is 0 Å². The van der Waals surface area contributed by atoms with Crippen LogP contribution in [0.5, 0.6) is 0 Å². The lowest BCUT2D eigenvalue weighted by Gasteiger charge is -2.21. The van der Waals surface area contributed by atoms with Gasteiger partial charge in [0.2, 0.25) is 0 Å². The molecular weight excluding hydrogens is 252 g/mol. The Hall–Kier alpha value is -1.35. The Morgan fingerprint density at radius 3 is 2.37 bits per heavy atom. The third kappa shape index (κ3) is 2.81. The molecule has 1 aromatic carbocycles. The van der Waals surface area contributed by atoms with Gasteiger partial charge >= 0.3 is 0 Å². The molecule has 19 heavy (non-hydrogen) atoms. The van der Waals surface area contributed by atoms with Gasteiger partial charge in [0, 0.05) is 17.5 Å². The van der Waals surface area contributed by atoms with E-state index in [1.165, 1.54) is 5.56 Å². The molecule has 2 rings (SSSR count). The molecular formula is C16H22O2Si. The Labute approximate surface area is 116 Å². The van der Waals surface area contributed by atoms with Crippen LogP contribution in [0.15, 0.2) is 41.3 Å². The molecule has 0 aromatic heterocycles. The fourth-order valence-electron chi connectivity index (χ4n) is 2.76. The summed E-state index contributed by atoms with van der Waals surface area (Å²) in [4.78, 5) is 12.4. The van der Waals surface area contributed by atoms with E-state index in [2.05, 4.69) is 31.8 Å². The maximum Gasteiger partial charge on any atom is 0.159 e. The number of benzene rings is 1. The highest BCUT2D eigenvalue weighted by molar-refractivity contribution is 6.87. The molecule has 0 saturated heterocycles. The van der Waals surface area contributed by atoms with Crippen LogP contribution >= 0.6 is 0 Å². The first-order valence-corrected chi connectivity index (χ1v) is 10.4.